The van der Waals surface area contributed by atoms with Gasteiger partial charge in [-0.25, -0.2) is 0 Å². The molecule has 0 aromatic heterocycles. The molecule has 1 N–H and O–H groups in total. The molecule has 2 aromatic carbocycles. The van der Waals surface area contributed by atoms with Crippen LogP contribution < -0.4 is 10.2 Å². The SMILES string of the molecule is N#Cc1ccc(CCC(=O)Nc2ccc(N3CCOCC3)cc2)cc1. The van der Waals surface area contributed by atoms with Gasteiger partial charge in [-0.3, -0.25) is 4.79 Å². The van der Waals surface area contributed by atoms with Gasteiger partial charge in [0.05, 0.1) is 24.8 Å². The fraction of sp³-hybridized carbons (Fsp3) is 0.300. The smallest absolute Gasteiger partial charge is 0.224 e. The van der Waals surface area contributed by atoms with Gasteiger partial charge in [-0.1, -0.05) is 12.1 Å². The van der Waals surface area contributed by atoms with Crippen LogP contribution in [0.15, 0.2) is 48.5 Å². The summed E-state index contributed by atoms with van der Waals surface area (Å²) >= 11 is 0. The van der Waals surface area contributed by atoms with Gasteiger partial charge in [0, 0.05) is 30.9 Å². The van der Waals surface area contributed by atoms with E-state index in [0.29, 0.717) is 18.4 Å². The van der Waals surface area contributed by atoms with Gasteiger partial charge < -0.3 is 15.0 Å². The molecule has 5 heteroatoms. The highest BCUT2D eigenvalue weighted by molar-refractivity contribution is 5.91. The Labute approximate surface area is 147 Å². The Morgan fingerprint density at radius 2 is 1.76 bits per heavy atom. The minimum atomic E-state index is -0.0107. The zero-order valence-corrected chi connectivity index (χ0v) is 14.1. The zero-order chi connectivity index (χ0) is 17.5. The van der Waals surface area contributed by atoms with Crippen LogP contribution >= 0.6 is 0 Å². The standard InChI is InChI=1S/C20H21N3O2/c21-15-17-3-1-16(2-4-17)5-10-20(24)22-18-6-8-19(9-7-18)23-11-13-25-14-12-23/h1-4,6-9H,5,10-14H2,(H,22,24). The number of carbonyl (C=O) groups is 1. The molecule has 1 amide bonds. The molecule has 1 aliphatic rings. The van der Waals surface area contributed by atoms with E-state index >= 15 is 0 Å². The molecule has 3 rings (SSSR count). The molecule has 1 fully saturated rings. The summed E-state index contributed by atoms with van der Waals surface area (Å²) in [5.74, 6) is -0.0107. The van der Waals surface area contributed by atoms with Gasteiger partial charge in [0.2, 0.25) is 5.91 Å². The second-order valence-corrected chi connectivity index (χ2v) is 6.00. The monoisotopic (exact) mass is 335 g/mol. The number of amides is 1. The van der Waals surface area contributed by atoms with Crippen LogP contribution in [0.3, 0.4) is 0 Å². The maximum absolute atomic E-state index is 12.1. The van der Waals surface area contributed by atoms with Crippen LogP contribution in [0.25, 0.3) is 0 Å². The van der Waals surface area contributed by atoms with Gasteiger partial charge in [0.25, 0.3) is 0 Å². The summed E-state index contributed by atoms with van der Waals surface area (Å²) in [4.78, 5) is 14.4. The lowest BCUT2D eigenvalue weighted by Crippen LogP contribution is -2.36. The Balaban J connectivity index is 1.49. The Hall–Kier alpha value is -2.84. The molecule has 0 saturated carbocycles. The third kappa shape index (κ3) is 4.82. The normalized spacial score (nSPS) is 14.0. The number of carbonyl (C=O) groups excluding carboxylic acids is 1. The maximum atomic E-state index is 12.1. The van der Waals surface area contributed by atoms with Crippen LogP contribution in [0.2, 0.25) is 0 Å². The molecule has 0 bridgehead atoms. The predicted molar refractivity (Wildman–Crippen MR) is 97.6 cm³/mol. The van der Waals surface area contributed by atoms with E-state index in [1.807, 2.05) is 36.4 Å². The second kappa shape index (κ2) is 8.32. The zero-order valence-electron chi connectivity index (χ0n) is 14.1. The summed E-state index contributed by atoms with van der Waals surface area (Å²) < 4.78 is 5.36. The maximum Gasteiger partial charge on any atom is 0.224 e. The van der Waals surface area contributed by atoms with Crippen molar-refractivity contribution in [3.63, 3.8) is 0 Å². The molecule has 0 atom stereocenters. The third-order valence-corrected chi connectivity index (χ3v) is 4.25. The van der Waals surface area contributed by atoms with E-state index in [-0.39, 0.29) is 5.91 Å². The first kappa shape index (κ1) is 17.0. The molecule has 1 aliphatic heterocycles. The molecule has 1 saturated heterocycles. The summed E-state index contributed by atoms with van der Waals surface area (Å²) in [6.45, 7) is 3.31. The van der Waals surface area contributed by atoms with E-state index in [9.17, 15) is 4.79 Å². The fourth-order valence-corrected chi connectivity index (χ4v) is 2.80. The van der Waals surface area contributed by atoms with Crippen LogP contribution in [-0.2, 0) is 16.0 Å². The number of nitrogens with one attached hydrogen (secondary N) is 1. The van der Waals surface area contributed by atoms with E-state index in [0.717, 1.165) is 43.2 Å². The van der Waals surface area contributed by atoms with Gasteiger partial charge in [0.1, 0.15) is 0 Å². The van der Waals surface area contributed by atoms with E-state index in [1.165, 1.54) is 0 Å². The van der Waals surface area contributed by atoms with Gasteiger partial charge in [0.15, 0.2) is 0 Å². The number of morpholine rings is 1. The van der Waals surface area contributed by atoms with E-state index < -0.39 is 0 Å². The Morgan fingerprint density at radius 3 is 2.40 bits per heavy atom. The number of ether oxygens (including phenoxy) is 1. The Kier molecular flexibility index (Phi) is 5.65. The molecular formula is C20H21N3O2. The van der Waals surface area contributed by atoms with E-state index in [1.54, 1.807) is 12.1 Å². The summed E-state index contributed by atoms with van der Waals surface area (Å²) in [6, 6.07) is 17.4. The number of rotatable bonds is 5. The van der Waals surface area contributed by atoms with Crippen molar-refractivity contribution < 1.29 is 9.53 Å². The van der Waals surface area contributed by atoms with E-state index in [4.69, 9.17) is 10.00 Å². The summed E-state index contributed by atoms with van der Waals surface area (Å²) in [5, 5.41) is 11.7. The molecule has 0 radical (unpaired) electrons. The van der Waals surface area contributed by atoms with Crippen LogP contribution in [0.5, 0.6) is 0 Å². The molecule has 0 unspecified atom stereocenters. The number of nitrogens with zero attached hydrogens (tertiary/aromatic N) is 2. The van der Waals surface area contributed by atoms with E-state index in [2.05, 4.69) is 16.3 Å². The number of aryl methyl sites for hydroxylation is 1. The molecular weight excluding hydrogens is 314 g/mol. The molecule has 0 spiro atoms. The second-order valence-electron chi connectivity index (χ2n) is 6.00. The molecule has 128 valence electrons. The van der Waals surface area contributed by atoms with Crippen molar-refractivity contribution in [3.05, 3.63) is 59.7 Å². The van der Waals surface area contributed by atoms with Crippen molar-refractivity contribution in [1.82, 2.24) is 0 Å². The van der Waals surface area contributed by atoms with Crippen molar-refractivity contribution in [2.75, 3.05) is 36.5 Å². The number of benzene rings is 2. The van der Waals surface area contributed by atoms with Gasteiger partial charge in [-0.05, 0) is 48.4 Å². The van der Waals surface area contributed by atoms with Gasteiger partial charge in [-0.15, -0.1) is 0 Å². The first-order valence-corrected chi connectivity index (χ1v) is 8.46. The largest absolute Gasteiger partial charge is 0.378 e. The van der Waals surface area contributed by atoms with Crippen molar-refractivity contribution in [2.45, 2.75) is 12.8 Å². The number of hydrogen-bond acceptors (Lipinski definition) is 4. The molecule has 0 aliphatic carbocycles. The first-order valence-electron chi connectivity index (χ1n) is 8.46. The van der Waals surface area contributed by atoms with Gasteiger partial charge in [-0.2, -0.15) is 5.26 Å². The van der Waals surface area contributed by atoms with Crippen molar-refractivity contribution in [2.24, 2.45) is 0 Å². The topological polar surface area (TPSA) is 65.4 Å². The average molecular weight is 335 g/mol. The lowest BCUT2D eigenvalue weighted by Gasteiger charge is -2.28. The predicted octanol–water partition coefficient (Wildman–Crippen LogP) is 2.97. The van der Waals surface area contributed by atoms with Gasteiger partial charge >= 0.3 is 0 Å². The van der Waals surface area contributed by atoms with Crippen molar-refractivity contribution in [3.8, 4) is 6.07 Å². The Bertz CT molecular complexity index is 742. The first-order chi connectivity index (χ1) is 12.2. The average Bonchev–Trinajstić information content (AvgIpc) is 2.68. The molecule has 25 heavy (non-hydrogen) atoms. The molecule has 5 nitrogen and oxygen atoms in total. The summed E-state index contributed by atoms with van der Waals surface area (Å²) in [5.41, 5.74) is 3.64. The summed E-state index contributed by atoms with van der Waals surface area (Å²) in [7, 11) is 0. The number of nitriles is 1. The quantitative estimate of drug-likeness (QED) is 0.912. The highest BCUT2D eigenvalue weighted by atomic mass is 16.5. The molecule has 2 aromatic rings. The lowest BCUT2D eigenvalue weighted by atomic mass is 10.1. The summed E-state index contributed by atoms with van der Waals surface area (Å²) in [6.07, 6.45) is 1.07. The fourth-order valence-electron chi connectivity index (χ4n) is 2.80. The highest BCUT2D eigenvalue weighted by Crippen LogP contribution is 2.19. The lowest BCUT2D eigenvalue weighted by molar-refractivity contribution is -0.116. The third-order valence-electron chi connectivity index (χ3n) is 4.25. The Morgan fingerprint density at radius 1 is 1.08 bits per heavy atom. The van der Waals surface area contributed by atoms with Crippen LogP contribution in [0, 0.1) is 11.3 Å². The van der Waals surface area contributed by atoms with Crippen molar-refractivity contribution in [1.29, 1.82) is 5.26 Å². The van der Waals surface area contributed by atoms with Crippen LogP contribution in [0.1, 0.15) is 17.5 Å². The van der Waals surface area contributed by atoms with Crippen LogP contribution in [-0.4, -0.2) is 32.2 Å². The minimum Gasteiger partial charge on any atom is -0.378 e. The highest BCUT2D eigenvalue weighted by Gasteiger charge is 2.11. The minimum absolute atomic E-state index is 0.0107. The van der Waals surface area contributed by atoms with Crippen LogP contribution in [0.4, 0.5) is 11.4 Å². The van der Waals surface area contributed by atoms with Crippen molar-refractivity contribution >= 4 is 17.3 Å². The number of hydrogen-bond donors (Lipinski definition) is 1. The molecule has 1 heterocycles. The number of anilines is 2.